The number of halogens is 2. The van der Waals surface area contributed by atoms with Crippen LogP contribution in [0.25, 0.3) is 0 Å². The third kappa shape index (κ3) is 3.58. The number of aliphatic hydroxyl groups excluding tert-OH is 1. The van der Waals surface area contributed by atoms with Crippen molar-refractivity contribution in [2.75, 3.05) is 6.61 Å². The average Bonchev–Trinajstić information content (AvgIpc) is 2.17. The monoisotopic (exact) mass is 279 g/mol. The molecule has 0 saturated carbocycles. The number of rotatable bonds is 3. The lowest BCUT2D eigenvalue weighted by Crippen LogP contribution is -2.21. The molecule has 4 heteroatoms. The van der Waals surface area contributed by atoms with Crippen LogP contribution in [0.4, 0.5) is 0 Å². The van der Waals surface area contributed by atoms with Crippen molar-refractivity contribution in [3.8, 4) is 0 Å². The molecule has 2 unspecified atom stereocenters. The van der Waals surface area contributed by atoms with Gasteiger partial charge in [-0.25, -0.2) is 0 Å². The summed E-state index contributed by atoms with van der Waals surface area (Å²) in [5.74, 6) is 0.0983. The standard InChI is InChI=1S/C10H14BrNO.ClH/c1-7(6-13)10(12)8-2-4-9(11)5-3-8;/h2-5,7,10,13H,6,12H2,1H3;1H. The predicted octanol–water partition coefficient (Wildman–Crippen LogP) is 2.50. The molecule has 0 aromatic heterocycles. The van der Waals surface area contributed by atoms with Gasteiger partial charge in [0.05, 0.1) is 0 Å². The van der Waals surface area contributed by atoms with Crippen LogP contribution in [0.2, 0.25) is 0 Å². The predicted molar refractivity (Wildman–Crippen MR) is 64.6 cm³/mol. The zero-order valence-electron chi connectivity index (χ0n) is 7.98. The molecule has 0 heterocycles. The summed E-state index contributed by atoms with van der Waals surface area (Å²) in [5.41, 5.74) is 6.98. The van der Waals surface area contributed by atoms with E-state index in [1.807, 2.05) is 31.2 Å². The topological polar surface area (TPSA) is 46.2 Å². The van der Waals surface area contributed by atoms with E-state index in [0.29, 0.717) is 0 Å². The van der Waals surface area contributed by atoms with Gasteiger partial charge in [0, 0.05) is 17.1 Å². The molecular formula is C10H15BrClNO. The highest BCUT2D eigenvalue weighted by Gasteiger charge is 2.13. The number of hydrogen-bond acceptors (Lipinski definition) is 2. The Balaban J connectivity index is 0.00000169. The van der Waals surface area contributed by atoms with Crippen molar-refractivity contribution in [2.24, 2.45) is 11.7 Å². The van der Waals surface area contributed by atoms with Crippen LogP contribution >= 0.6 is 28.3 Å². The van der Waals surface area contributed by atoms with E-state index in [1.165, 1.54) is 0 Å². The summed E-state index contributed by atoms with van der Waals surface area (Å²) in [6, 6.07) is 7.78. The van der Waals surface area contributed by atoms with Crippen LogP contribution in [0.1, 0.15) is 18.5 Å². The van der Waals surface area contributed by atoms with E-state index in [0.717, 1.165) is 10.0 Å². The lowest BCUT2D eigenvalue weighted by Gasteiger charge is -2.17. The molecular weight excluding hydrogens is 265 g/mol. The van der Waals surface area contributed by atoms with Crippen molar-refractivity contribution in [1.82, 2.24) is 0 Å². The number of aliphatic hydroxyl groups is 1. The first-order chi connectivity index (χ1) is 6.15. The van der Waals surface area contributed by atoms with Crippen molar-refractivity contribution < 1.29 is 5.11 Å². The maximum Gasteiger partial charge on any atom is 0.0474 e. The van der Waals surface area contributed by atoms with Gasteiger partial charge in [-0.2, -0.15) is 0 Å². The van der Waals surface area contributed by atoms with Gasteiger partial charge in [0.25, 0.3) is 0 Å². The second kappa shape index (κ2) is 6.40. The van der Waals surface area contributed by atoms with E-state index in [2.05, 4.69) is 15.9 Å². The van der Waals surface area contributed by atoms with Crippen LogP contribution in [-0.4, -0.2) is 11.7 Å². The molecule has 0 fully saturated rings. The summed E-state index contributed by atoms with van der Waals surface area (Å²) in [6.45, 7) is 2.06. The SMILES string of the molecule is CC(CO)C(N)c1ccc(Br)cc1.Cl. The third-order valence-corrected chi connectivity index (χ3v) is 2.68. The third-order valence-electron chi connectivity index (χ3n) is 2.16. The lowest BCUT2D eigenvalue weighted by atomic mass is 9.96. The number of hydrogen-bond donors (Lipinski definition) is 2. The molecule has 80 valence electrons. The summed E-state index contributed by atoms with van der Waals surface area (Å²) in [7, 11) is 0. The number of nitrogens with two attached hydrogens (primary N) is 1. The Bertz CT molecular complexity index is 265. The van der Waals surface area contributed by atoms with Gasteiger partial charge in [0.15, 0.2) is 0 Å². The molecule has 0 saturated heterocycles. The van der Waals surface area contributed by atoms with Crippen molar-refractivity contribution in [2.45, 2.75) is 13.0 Å². The van der Waals surface area contributed by atoms with Crippen molar-refractivity contribution in [3.63, 3.8) is 0 Å². The van der Waals surface area contributed by atoms with Gasteiger partial charge < -0.3 is 10.8 Å². The van der Waals surface area contributed by atoms with E-state index in [-0.39, 0.29) is 31.0 Å². The largest absolute Gasteiger partial charge is 0.396 e. The van der Waals surface area contributed by atoms with Crippen molar-refractivity contribution >= 4 is 28.3 Å². The maximum absolute atomic E-state index is 8.93. The Labute approximate surface area is 99.0 Å². The second-order valence-electron chi connectivity index (χ2n) is 3.24. The Morgan fingerprint density at radius 3 is 2.29 bits per heavy atom. The highest BCUT2D eigenvalue weighted by molar-refractivity contribution is 9.10. The summed E-state index contributed by atoms with van der Waals surface area (Å²) in [5, 5.41) is 8.93. The Kier molecular flexibility index (Phi) is 6.36. The minimum Gasteiger partial charge on any atom is -0.396 e. The minimum absolute atomic E-state index is 0. The fraction of sp³-hybridized carbons (Fsp3) is 0.400. The van der Waals surface area contributed by atoms with Gasteiger partial charge in [0.1, 0.15) is 0 Å². The van der Waals surface area contributed by atoms with Crippen LogP contribution in [0.5, 0.6) is 0 Å². The molecule has 0 bridgehead atoms. The molecule has 0 aliphatic rings. The molecule has 2 atom stereocenters. The Morgan fingerprint density at radius 1 is 1.36 bits per heavy atom. The normalized spacial score (nSPS) is 14.3. The summed E-state index contributed by atoms with van der Waals surface area (Å²) >= 11 is 3.36. The first kappa shape index (κ1) is 13.9. The smallest absolute Gasteiger partial charge is 0.0474 e. The van der Waals surface area contributed by atoms with Gasteiger partial charge in [0.2, 0.25) is 0 Å². The number of benzene rings is 1. The van der Waals surface area contributed by atoms with Crippen LogP contribution < -0.4 is 5.73 Å². The molecule has 1 aromatic rings. The molecule has 1 aromatic carbocycles. The van der Waals surface area contributed by atoms with Crippen LogP contribution in [0, 0.1) is 5.92 Å². The first-order valence-electron chi connectivity index (χ1n) is 4.27. The van der Waals surface area contributed by atoms with Gasteiger partial charge in [-0.3, -0.25) is 0 Å². The van der Waals surface area contributed by atoms with E-state index in [1.54, 1.807) is 0 Å². The quantitative estimate of drug-likeness (QED) is 0.893. The Morgan fingerprint density at radius 2 is 1.86 bits per heavy atom. The van der Waals surface area contributed by atoms with E-state index in [4.69, 9.17) is 10.8 Å². The molecule has 2 nitrogen and oxygen atoms in total. The fourth-order valence-corrected chi connectivity index (χ4v) is 1.39. The summed E-state index contributed by atoms with van der Waals surface area (Å²) < 4.78 is 1.04. The first-order valence-corrected chi connectivity index (χ1v) is 5.06. The molecule has 1 rings (SSSR count). The summed E-state index contributed by atoms with van der Waals surface area (Å²) in [6.07, 6.45) is 0. The van der Waals surface area contributed by atoms with E-state index < -0.39 is 0 Å². The summed E-state index contributed by atoms with van der Waals surface area (Å²) in [4.78, 5) is 0. The average molecular weight is 281 g/mol. The highest BCUT2D eigenvalue weighted by atomic mass is 79.9. The van der Waals surface area contributed by atoms with Gasteiger partial charge in [-0.15, -0.1) is 12.4 Å². The van der Waals surface area contributed by atoms with Crippen LogP contribution in [0.15, 0.2) is 28.7 Å². The zero-order valence-corrected chi connectivity index (χ0v) is 10.4. The zero-order chi connectivity index (χ0) is 9.84. The van der Waals surface area contributed by atoms with Gasteiger partial charge in [-0.05, 0) is 23.6 Å². The molecule has 14 heavy (non-hydrogen) atoms. The molecule has 0 aliphatic heterocycles. The lowest BCUT2D eigenvalue weighted by molar-refractivity contribution is 0.217. The molecule has 0 amide bonds. The molecule has 3 N–H and O–H groups in total. The van der Waals surface area contributed by atoms with Gasteiger partial charge >= 0.3 is 0 Å². The van der Waals surface area contributed by atoms with Crippen molar-refractivity contribution in [1.29, 1.82) is 0 Å². The Hall–Kier alpha value is -0.0900. The fourth-order valence-electron chi connectivity index (χ4n) is 1.13. The minimum atomic E-state index is -0.0851. The maximum atomic E-state index is 8.93. The van der Waals surface area contributed by atoms with Crippen LogP contribution in [-0.2, 0) is 0 Å². The van der Waals surface area contributed by atoms with E-state index in [9.17, 15) is 0 Å². The van der Waals surface area contributed by atoms with Crippen molar-refractivity contribution in [3.05, 3.63) is 34.3 Å². The second-order valence-corrected chi connectivity index (χ2v) is 4.15. The van der Waals surface area contributed by atoms with Gasteiger partial charge in [-0.1, -0.05) is 35.0 Å². The van der Waals surface area contributed by atoms with Crippen LogP contribution in [0.3, 0.4) is 0 Å². The molecule has 0 spiro atoms. The molecule has 0 aliphatic carbocycles. The van der Waals surface area contributed by atoms with E-state index >= 15 is 0 Å². The highest BCUT2D eigenvalue weighted by Crippen LogP contribution is 2.20. The molecule has 0 radical (unpaired) electrons.